The zero-order valence-corrected chi connectivity index (χ0v) is 10.4. The van der Waals surface area contributed by atoms with E-state index in [1.807, 2.05) is 23.0 Å². The monoisotopic (exact) mass is 254 g/mol. The third kappa shape index (κ3) is 2.67. The van der Waals surface area contributed by atoms with E-state index < -0.39 is 0 Å². The highest BCUT2D eigenvalue weighted by atomic mass is 15.3. The van der Waals surface area contributed by atoms with E-state index in [0.29, 0.717) is 5.95 Å². The van der Waals surface area contributed by atoms with E-state index in [1.165, 1.54) is 23.6 Å². The Kier molecular flexibility index (Phi) is 3.31. The van der Waals surface area contributed by atoms with E-state index in [4.69, 9.17) is 0 Å². The van der Waals surface area contributed by atoms with Gasteiger partial charge in [0.25, 0.3) is 0 Å². The van der Waals surface area contributed by atoms with Crippen LogP contribution in [0.1, 0.15) is 6.42 Å². The quantitative estimate of drug-likeness (QED) is 0.702. The van der Waals surface area contributed by atoms with Gasteiger partial charge in [0.2, 0.25) is 5.95 Å². The van der Waals surface area contributed by atoms with Gasteiger partial charge in [0, 0.05) is 18.5 Å². The molecule has 6 heteroatoms. The standard InChI is InChI=1S/C13H14N6/c1-2-5-12-11(4-1)8-18-19(12)7-3-6-15-13-16-9-14-10-17-13/h1-2,4-5,8-10H,3,6-7H2,(H,14,15,16,17). The van der Waals surface area contributed by atoms with Crippen molar-refractivity contribution in [1.82, 2.24) is 24.7 Å². The molecule has 1 aromatic carbocycles. The van der Waals surface area contributed by atoms with Gasteiger partial charge in [-0.25, -0.2) is 15.0 Å². The van der Waals surface area contributed by atoms with Crippen molar-refractivity contribution in [3.05, 3.63) is 43.1 Å². The summed E-state index contributed by atoms with van der Waals surface area (Å²) in [5, 5.41) is 8.71. The number of nitrogens with zero attached hydrogens (tertiary/aromatic N) is 5. The van der Waals surface area contributed by atoms with Crippen molar-refractivity contribution in [3.8, 4) is 0 Å². The predicted octanol–water partition coefficient (Wildman–Crippen LogP) is 1.72. The topological polar surface area (TPSA) is 68.5 Å². The summed E-state index contributed by atoms with van der Waals surface area (Å²) in [6.45, 7) is 1.67. The summed E-state index contributed by atoms with van der Waals surface area (Å²) in [5.41, 5.74) is 1.17. The maximum absolute atomic E-state index is 4.39. The first kappa shape index (κ1) is 11.6. The lowest BCUT2D eigenvalue weighted by Gasteiger charge is -2.05. The molecule has 0 fully saturated rings. The summed E-state index contributed by atoms with van der Waals surface area (Å²) in [7, 11) is 0. The van der Waals surface area contributed by atoms with E-state index in [1.54, 1.807) is 0 Å². The molecule has 19 heavy (non-hydrogen) atoms. The normalized spacial score (nSPS) is 10.7. The number of para-hydroxylation sites is 1. The summed E-state index contributed by atoms with van der Waals surface area (Å²) in [4.78, 5) is 11.8. The van der Waals surface area contributed by atoms with Gasteiger partial charge in [0.05, 0.1) is 11.7 Å². The van der Waals surface area contributed by atoms with Crippen LogP contribution in [-0.2, 0) is 6.54 Å². The Morgan fingerprint density at radius 3 is 2.84 bits per heavy atom. The first-order valence-corrected chi connectivity index (χ1v) is 6.20. The first-order valence-electron chi connectivity index (χ1n) is 6.20. The molecular formula is C13H14N6. The van der Waals surface area contributed by atoms with Gasteiger partial charge in [-0.05, 0) is 12.5 Å². The molecule has 0 unspecified atom stereocenters. The first-order chi connectivity index (χ1) is 9.43. The van der Waals surface area contributed by atoms with Crippen molar-refractivity contribution >= 4 is 16.9 Å². The molecule has 3 aromatic rings. The molecule has 2 aromatic heterocycles. The van der Waals surface area contributed by atoms with Crippen LogP contribution in [0.5, 0.6) is 0 Å². The van der Waals surface area contributed by atoms with E-state index in [0.717, 1.165) is 19.5 Å². The zero-order chi connectivity index (χ0) is 12.9. The van der Waals surface area contributed by atoms with Crippen LogP contribution in [0.15, 0.2) is 43.1 Å². The molecule has 0 aliphatic heterocycles. The second-order valence-corrected chi connectivity index (χ2v) is 4.17. The maximum Gasteiger partial charge on any atom is 0.225 e. The molecule has 96 valence electrons. The predicted molar refractivity (Wildman–Crippen MR) is 72.7 cm³/mol. The molecule has 0 saturated heterocycles. The number of benzene rings is 1. The zero-order valence-electron chi connectivity index (χ0n) is 10.4. The SMILES string of the molecule is c1ccc2c(c1)cnn2CCCNc1ncncn1. The number of fused-ring (bicyclic) bond motifs is 1. The molecule has 3 rings (SSSR count). The van der Waals surface area contributed by atoms with Gasteiger partial charge in [-0.2, -0.15) is 5.10 Å². The number of nitrogens with one attached hydrogen (secondary N) is 1. The van der Waals surface area contributed by atoms with Crippen molar-refractivity contribution < 1.29 is 0 Å². The van der Waals surface area contributed by atoms with E-state index in [-0.39, 0.29) is 0 Å². The van der Waals surface area contributed by atoms with Crippen LogP contribution in [0.25, 0.3) is 10.9 Å². The molecular weight excluding hydrogens is 240 g/mol. The number of anilines is 1. The Bertz CT molecular complexity index is 648. The third-order valence-electron chi connectivity index (χ3n) is 2.87. The Balaban J connectivity index is 1.55. The van der Waals surface area contributed by atoms with Gasteiger partial charge in [0.15, 0.2) is 0 Å². The lowest BCUT2D eigenvalue weighted by Crippen LogP contribution is -2.09. The van der Waals surface area contributed by atoms with E-state index in [9.17, 15) is 0 Å². The summed E-state index contributed by atoms with van der Waals surface area (Å²) >= 11 is 0. The number of rotatable bonds is 5. The van der Waals surface area contributed by atoms with Gasteiger partial charge >= 0.3 is 0 Å². The van der Waals surface area contributed by atoms with Crippen LogP contribution >= 0.6 is 0 Å². The fourth-order valence-corrected chi connectivity index (χ4v) is 1.96. The molecule has 0 bridgehead atoms. The van der Waals surface area contributed by atoms with Crippen LogP contribution in [0.2, 0.25) is 0 Å². The fourth-order valence-electron chi connectivity index (χ4n) is 1.96. The number of aromatic nitrogens is 5. The van der Waals surface area contributed by atoms with Crippen molar-refractivity contribution in [2.24, 2.45) is 0 Å². The fraction of sp³-hybridized carbons (Fsp3) is 0.231. The van der Waals surface area contributed by atoms with E-state index in [2.05, 4.69) is 37.5 Å². The third-order valence-corrected chi connectivity index (χ3v) is 2.87. The average Bonchev–Trinajstić information content (AvgIpc) is 2.88. The maximum atomic E-state index is 4.39. The van der Waals surface area contributed by atoms with Gasteiger partial charge in [0.1, 0.15) is 12.7 Å². The highest BCUT2D eigenvalue weighted by Gasteiger charge is 2.01. The van der Waals surface area contributed by atoms with Gasteiger partial charge < -0.3 is 5.32 Å². The van der Waals surface area contributed by atoms with Gasteiger partial charge in [-0.3, -0.25) is 4.68 Å². The molecule has 1 N–H and O–H groups in total. The summed E-state index contributed by atoms with van der Waals surface area (Å²) in [6.07, 6.45) is 5.82. The van der Waals surface area contributed by atoms with Crippen LogP contribution < -0.4 is 5.32 Å². The molecule has 0 spiro atoms. The lowest BCUT2D eigenvalue weighted by molar-refractivity contribution is 0.609. The van der Waals surface area contributed by atoms with Crippen molar-refractivity contribution in [2.75, 3.05) is 11.9 Å². The molecule has 2 heterocycles. The van der Waals surface area contributed by atoms with Crippen molar-refractivity contribution in [1.29, 1.82) is 0 Å². The van der Waals surface area contributed by atoms with Crippen LogP contribution in [0.4, 0.5) is 5.95 Å². The second-order valence-electron chi connectivity index (χ2n) is 4.17. The minimum atomic E-state index is 0.611. The minimum Gasteiger partial charge on any atom is -0.354 e. The highest BCUT2D eigenvalue weighted by Crippen LogP contribution is 2.12. The summed E-state index contributed by atoms with van der Waals surface area (Å²) in [6, 6.07) is 8.21. The smallest absolute Gasteiger partial charge is 0.225 e. The number of aryl methyl sites for hydroxylation is 1. The lowest BCUT2D eigenvalue weighted by atomic mass is 10.2. The summed E-state index contributed by atoms with van der Waals surface area (Å²) in [5.74, 6) is 0.611. The van der Waals surface area contributed by atoms with Crippen LogP contribution in [0.3, 0.4) is 0 Å². The minimum absolute atomic E-state index is 0.611. The molecule has 0 atom stereocenters. The number of hydrogen-bond acceptors (Lipinski definition) is 5. The molecule has 6 nitrogen and oxygen atoms in total. The number of hydrogen-bond donors (Lipinski definition) is 1. The molecule has 0 saturated carbocycles. The van der Waals surface area contributed by atoms with Gasteiger partial charge in [-0.15, -0.1) is 0 Å². The van der Waals surface area contributed by atoms with E-state index >= 15 is 0 Å². The summed E-state index contributed by atoms with van der Waals surface area (Å²) < 4.78 is 2.02. The largest absolute Gasteiger partial charge is 0.354 e. The second kappa shape index (κ2) is 5.43. The average molecular weight is 254 g/mol. The molecule has 0 radical (unpaired) electrons. The Labute approximate surface area is 110 Å². The van der Waals surface area contributed by atoms with Crippen molar-refractivity contribution in [2.45, 2.75) is 13.0 Å². The van der Waals surface area contributed by atoms with Crippen LogP contribution in [0, 0.1) is 0 Å². The van der Waals surface area contributed by atoms with Crippen LogP contribution in [-0.4, -0.2) is 31.3 Å². The Morgan fingerprint density at radius 2 is 1.95 bits per heavy atom. The van der Waals surface area contributed by atoms with Gasteiger partial charge in [-0.1, -0.05) is 18.2 Å². The molecule has 0 aliphatic rings. The van der Waals surface area contributed by atoms with Crippen molar-refractivity contribution in [3.63, 3.8) is 0 Å². The molecule has 0 amide bonds. The Hall–Kier alpha value is -2.50. The Morgan fingerprint density at radius 1 is 1.11 bits per heavy atom. The highest BCUT2D eigenvalue weighted by molar-refractivity contribution is 5.78. The molecule has 0 aliphatic carbocycles.